The van der Waals surface area contributed by atoms with E-state index in [4.69, 9.17) is 0 Å². The first-order valence-corrected chi connectivity index (χ1v) is 48.1. The van der Waals surface area contributed by atoms with E-state index in [2.05, 4.69) is 148 Å². The molecule has 3 aromatic rings. The zero-order valence-corrected chi connectivity index (χ0v) is 77.6. The van der Waals surface area contributed by atoms with Crippen LogP contribution in [0.3, 0.4) is 0 Å². The third-order valence-corrected chi connectivity index (χ3v) is 36.2. The number of aliphatic hydroxyl groups excluding tert-OH is 2. The zero-order chi connectivity index (χ0) is 91.2. The quantitative estimate of drug-likeness (QED) is 0.0141. The topological polar surface area (TPSA) is 392 Å². The molecule has 7 N–H and O–H groups in total. The van der Waals surface area contributed by atoms with Crippen molar-refractivity contribution < 1.29 is 44.9 Å². The van der Waals surface area contributed by atoms with Gasteiger partial charge in [0.15, 0.2) is 0 Å². The summed E-state index contributed by atoms with van der Waals surface area (Å²) < 4.78 is 0. The maximum atomic E-state index is 12.5. The van der Waals surface area contributed by atoms with Crippen molar-refractivity contribution in [3.8, 4) is 0 Å². The lowest BCUT2D eigenvalue weighted by molar-refractivity contribution is -0.393. The molecule has 15 rings (SSSR count). The minimum atomic E-state index is -1.04. The Hall–Kier alpha value is -8.14. The first-order chi connectivity index (χ1) is 59.5. The Morgan fingerprint density at radius 3 is 1.37 bits per heavy atom. The standard InChI is InChI=1S/C33H48N4O5.C33H50N4O5.C33H48N4O5/c1-21(2)9-8-10-22(3)24-12-13-25-30-26(15-18-31(24,25)4)32(5)16-6-7-17-33(32,38)27(30)20-34-35-28-14-11-23(36(39)40)19-29(28)37(41)42;1-20(2)7-6-8-21(3)25-10-11-26-31-27(14-16-33(25,26)5)32(4)15-13-24(38)17-22(32)18-29(31)35-34-28-12-9-23(36(39)40)19-30(28)37(41)42;1-20(2)7-6-8-21(3)25-10-11-26-31-24(19-34-35-29-12-9-22(36(39)40)17-30(29)37(41)42)28-18-23(38)13-15-33(28,5)27(31)14-16-32(25,26)4/h7,11,14,17,19-22,24-27,30,35,38H,6,8-10,12-13,15-16,18H2,1-5H3;9,12,18-21,24-27,29,31,34-35,38H,6-8,10-11,13-17H2,1-5H3;9,12,17,19-21,23,25-27,31,35,38H,6-8,10-11,13-16,18H2,1-5H3/b34-20+;;34-19+/t22-,24-,25?,26?,27-,30?,31-,32-,33-;21-,24+,25-,26?,27?,29?,31?,32+,33-;21-,23+,25-,26?,27?,31?,32-,33-/m111/s1. The molecule has 10 unspecified atom stereocenters. The molecule has 26 atom stereocenters. The molecule has 0 aliphatic heterocycles. The fraction of sp³-hybridized carbons (Fsp3) is 0.737. The molecule has 126 heavy (non-hydrogen) atoms. The van der Waals surface area contributed by atoms with Gasteiger partial charge in [0.25, 0.3) is 17.1 Å². The molecule has 0 bridgehead atoms. The lowest BCUT2D eigenvalue weighted by atomic mass is 9.46. The van der Waals surface area contributed by atoms with Crippen molar-refractivity contribution in [1.82, 2.24) is 5.43 Å². The molecule has 0 spiro atoms. The van der Waals surface area contributed by atoms with Crippen molar-refractivity contribution >= 4 is 63.6 Å². The number of nitro benzene ring substituents is 6. The molecule has 12 aliphatic rings. The highest BCUT2D eigenvalue weighted by Gasteiger charge is 2.71. The number of benzene rings is 3. The summed E-state index contributed by atoms with van der Waals surface area (Å²) in [6.07, 6.45) is 42.2. The van der Waals surface area contributed by atoms with Crippen molar-refractivity contribution in [2.45, 2.75) is 314 Å². The van der Waals surface area contributed by atoms with E-state index in [-0.39, 0.29) is 108 Å². The first kappa shape index (κ1) is 95.4. The monoisotopic (exact) mass is 1740 g/mol. The number of fused-ring (bicyclic) bond motifs is 15. The number of aliphatic hydroxyl groups is 3. The molecule has 692 valence electrons. The van der Waals surface area contributed by atoms with E-state index >= 15 is 0 Å². The van der Waals surface area contributed by atoms with Gasteiger partial charge in [-0.2, -0.15) is 10.2 Å². The number of hydrazine groups is 1. The second kappa shape index (κ2) is 38.1. The fourth-order valence-electron chi connectivity index (χ4n) is 29.7. The Labute approximate surface area is 745 Å². The van der Waals surface area contributed by atoms with Crippen LogP contribution < -0.4 is 21.7 Å². The molecular weight excluding hydrogens is 1600 g/mol. The van der Waals surface area contributed by atoms with Gasteiger partial charge in [0.05, 0.1) is 71.8 Å². The Morgan fingerprint density at radius 2 is 0.889 bits per heavy atom. The Morgan fingerprint density at radius 1 is 0.460 bits per heavy atom. The number of anilines is 3. The second-order valence-corrected chi connectivity index (χ2v) is 44.1. The van der Waals surface area contributed by atoms with Crippen molar-refractivity contribution in [3.05, 3.63) is 150 Å². The van der Waals surface area contributed by atoms with Gasteiger partial charge in [0.1, 0.15) is 17.1 Å². The number of allylic oxidation sites excluding steroid dienone is 2. The van der Waals surface area contributed by atoms with E-state index in [1.54, 1.807) is 6.21 Å². The van der Waals surface area contributed by atoms with Crippen LogP contribution in [0.2, 0.25) is 0 Å². The summed E-state index contributed by atoms with van der Waals surface area (Å²) in [5.74, 6) is 10.1. The van der Waals surface area contributed by atoms with Crippen LogP contribution in [0.1, 0.15) is 290 Å². The first-order valence-electron chi connectivity index (χ1n) is 48.1. The average Bonchev–Trinajstić information content (AvgIpc) is 1.52. The number of hydrazone groups is 2. The molecule has 0 heterocycles. The lowest BCUT2D eigenvalue weighted by Gasteiger charge is -2.60. The fourth-order valence-corrected chi connectivity index (χ4v) is 29.7. The third-order valence-electron chi connectivity index (χ3n) is 36.2. The average molecular weight is 1740 g/mol. The van der Waals surface area contributed by atoms with Gasteiger partial charge in [-0.15, -0.1) is 0 Å². The molecule has 0 aromatic heterocycles. The van der Waals surface area contributed by atoms with Crippen LogP contribution >= 0.6 is 0 Å². The van der Waals surface area contributed by atoms with E-state index in [0.717, 1.165) is 87.3 Å². The molecule has 3 aromatic carbocycles. The van der Waals surface area contributed by atoms with E-state index in [1.807, 2.05) is 12.3 Å². The number of nitro groups is 6. The Kier molecular flexibility index (Phi) is 28.9. The summed E-state index contributed by atoms with van der Waals surface area (Å²) in [4.78, 5) is 65.0. The molecule has 9 fully saturated rings. The smallest absolute Gasteiger partial charge is 0.301 e. The molecular formula is C99H146N12O15. The maximum Gasteiger partial charge on any atom is 0.301 e. The highest BCUT2D eigenvalue weighted by Crippen LogP contribution is 2.74. The van der Waals surface area contributed by atoms with E-state index < -0.39 is 40.8 Å². The van der Waals surface area contributed by atoms with E-state index in [9.17, 15) is 76.0 Å². The number of non-ortho nitro benzene ring substituents is 3. The number of nitrogens with zero attached hydrogens (tertiary/aromatic N) is 8. The van der Waals surface area contributed by atoms with Crippen molar-refractivity contribution in [2.75, 3.05) is 16.3 Å². The minimum Gasteiger partial charge on any atom is -0.393 e. The summed E-state index contributed by atoms with van der Waals surface area (Å²) in [5.41, 5.74) is 14.0. The van der Waals surface area contributed by atoms with Crippen LogP contribution in [0.25, 0.3) is 0 Å². The Balaban J connectivity index is 0.000000162. The van der Waals surface area contributed by atoms with Crippen LogP contribution in [-0.4, -0.2) is 81.1 Å². The molecule has 0 saturated heterocycles. The van der Waals surface area contributed by atoms with Crippen LogP contribution in [0.4, 0.5) is 51.2 Å². The second-order valence-electron chi connectivity index (χ2n) is 44.1. The highest BCUT2D eigenvalue weighted by molar-refractivity contribution is 5.84. The number of rotatable bonds is 30. The van der Waals surface area contributed by atoms with Gasteiger partial charge < -0.3 is 20.7 Å². The highest BCUT2D eigenvalue weighted by atomic mass is 16.6. The minimum absolute atomic E-state index is 0.0346. The van der Waals surface area contributed by atoms with Gasteiger partial charge in [0, 0.05) is 41.8 Å². The van der Waals surface area contributed by atoms with Gasteiger partial charge in [-0.1, -0.05) is 191 Å². The van der Waals surface area contributed by atoms with Gasteiger partial charge in [-0.05, 0) is 286 Å². The van der Waals surface area contributed by atoms with Gasteiger partial charge in [-0.25, -0.2) is 5.43 Å². The molecule has 0 radical (unpaired) electrons. The van der Waals surface area contributed by atoms with Crippen LogP contribution in [-0.2, 0) is 0 Å². The van der Waals surface area contributed by atoms with Crippen LogP contribution in [0.5, 0.6) is 0 Å². The SMILES string of the molecule is CC(C)CCC[C@@H](C)[C@H]1CCC2C3C(/C=N/Nc4ccc([N+](=O)[O-])cc4[N+](=O)[O-])=C4C[C@@H](O)CC[C@]4(C)C3CC[C@@]21C.CC(C)CCC[C@@H](C)[C@H]1CCC2C3C(CC[C@@]21C)[C@@]1(C)CCC=C[C@@]1(O)[C@@H]3/C=N/Nc1ccc([N+](=O)[O-])cc1[N+](=O)[O-].CC(C)CCC[C@@H](C)[C@H]1CCC2C3C(NNc4ccc([N+](=O)[O-])cc4[N+](=O)[O-])C=C4C[C@@H](O)CC[C@]4(C)C3CC[C@@]21C. The van der Waals surface area contributed by atoms with E-state index in [1.165, 1.54) is 175 Å². The molecule has 27 heteroatoms. The predicted octanol–water partition coefficient (Wildman–Crippen LogP) is 24.2. The molecule has 12 aliphatic carbocycles. The summed E-state index contributed by atoms with van der Waals surface area (Å²) in [5, 5.41) is 112. The summed E-state index contributed by atoms with van der Waals surface area (Å²) in [6.45, 7) is 35.9. The van der Waals surface area contributed by atoms with Crippen molar-refractivity contribution in [1.29, 1.82) is 0 Å². The van der Waals surface area contributed by atoms with E-state index in [0.29, 0.717) is 95.7 Å². The molecule has 27 nitrogen and oxygen atoms in total. The maximum absolute atomic E-state index is 12.5. The summed E-state index contributed by atoms with van der Waals surface area (Å²) >= 11 is 0. The number of hydrogen-bond donors (Lipinski definition) is 7. The largest absolute Gasteiger partial charge is 0.393 e. The molecule has 0 amide bonds. The van der Waals surface area contributed by atoms with Gasteiger partial charge in [-0.3, -0.25) is 71.5 Å². The van der Waals surface area contributed by atoms with Gasteiger partial charge in [0.2, 0.25) is 0 Å². The zero-order valence-electron chi connectivity index (χ0n) is 77.6. The van der Waals surface area contributed by atoms with Crippen LogP contribution in [0, 0.1) is 206 Å². The lowest BCUT2D eigenvalue weighted by Crippen LogP contribution is -2.58. The summed E-state index contributed by atoms with van der Waals surface area (Å²) in [6, 6.07) is 10.7. The number of nitrogens with one attached hydrogen (secondary N) is 4. The Bertz CT molecular complexity index is 4660. The predicted molar refractivity (Wildman–Crippen MR) is 495 cm³/mol. The molecule has 9 saturated carbocycles. The van der Waals surface area contributed by atoms with Crippen molar-refractivity contribution in [2.24, 2.45) is 155 Å². The van der Waals surface area contributed by atoms with Crippen molar-refractivity contribution in [3.63, 3.8) is 0 Å². The number of hydrogen-bond acceptors (Lipinski definition) is 21. The van der Waals surface area contributed by atoms with Gasteiger partial charge >= 0.3 is 17.1 Å². The third kappa shape index (κ3) is 18.3. The summed E-state index contributed by atoms with van der Waals surface area (Å²) in [7, 11) is 0. The normalized spacial score (nSPS) is 36.3. The van der Waals surface area contributed by atoms with Crippen LogP contribution in [0.15, 0.2) is 99.7 Å².